The van der Waals surface area contributed by atoms with Gasteiger partial charge in [0.05, 0.1) is 7.11 Å². The zero-order valence-electron chi connectivity index (χ0n) is 12.8. The normalized spacial score (nSPS) is 38.5. The number of methoxy groups -OCH3 is 1. The lowest BCUT2D eigenvalue weighted by Gasteiger charge is -2.55. The van der Waals surface area contributed by atoms with Crippen molar-refractivity contribution >= 4 is 11.6 Å². The van der Waals surface area contributed by atoms with Crippen molar-refractivity contribution in [1.29, 1.82) is 0 Å². The summed E-state index contributed by atoms with van der Waals surface area (Å²) in [5.41, 5.74) is 1.35. The van der Waals surface area contributed by atoms with Crippen LogP contribution in [-0.4, -0.2) is 12.5 Å². The van der Waals surface area contributed by atoms with Gasteiger partial charge in [-0.05, 0) is 85.8 Å². The van der Waals surface area contributed by atoms with Gasteiger partial charge in [-0.1, -0.05) is 12.1 Å². The molecule has 1 unspecified atom stereocenters. The average molecular weight is 305 g/mol. The molecule has 4 aliphatic rings. The molecule has 0 aliphatic heterocycles. The molecule has 21 heavy (non-hydrogen) atoms. The summed E-state index contributed by atoms with van der Waals surface area (Å²) < 4.78 is 5.23. The maximum Gasteiger partial charge on any atom is 0.118 e. The Morgan fingerprint density at radius 2 is 1.57 bits per heavy atom. The number of rotatable bonds is 4. The largest absolute Gasteiger partial charge is 0.497 e. The molecule has 4 fully saturated rings. The molecular weight excluding hydrogens is 280 g/mol. The lowest BCUT2D eigenvalue weighted by atomic mass is 9.51. The first-order chi connectivity index (χ1) is 10.2. The van der Waals surface area contributed by atoms with Crippen LogP contribution in [0.5, 0.6) is 5.75 Å². The summed E-state index contributed by atoms with van der Waals surface area (Å²) in [5.74, 6) is 5.60. The van der Waals surface area contributed by atoms with Crippen LogP contribution in [0.4, 0.5) is 0 Å². The maximum absolute atomic E-state index is 6.90. The lowest BCUT2D eigenvalue weighted by Crippen LogP contribution is -2.48. The number of hydrogen-bond donors (Lipinski definition) is 0. The molecule has 0 amide bonds. The van der Waals surface area contributed by atoms with Crippen molar-refractivity contribution in [3.63, 3.8) is 0 Å². The Kier molecular flexibility index (Phi) is 3.65. The summed E-state index contributed by atoms with van der Waals surface area (Å²) in [4.78, 5) is 0. The predicted octanol–water partition coefficient (Wildman–Crippen LogP) is 4.92. The minimum Gasteiger partial charge on any atom is -0.497 e. The second-order valence-electron chi connectivity index (χ2n) is 7.58. The van der Waals surface area contributed by atoms with Crippen molar-refractivity contribution in [3.05, 3.63) is 29.8 Å². The number of alkyl halides is 1. The molecule has 4 saturated carbocycles. The van der Waals surface area contributed by atoms with Gasteiger partial charge in [-0.25, -0.2) is 0 Å². The van der Waals surface area contributed by atoms with E-state index in [1.54, 1.807) is 7.11 Å². The third-order valence-electron chi connectivity index (χ3n) is 6.31. The molecule has 5 rings (SSSR count). The molecule has 1 nitrogen and oxygen atoms in total. The lowest BCUT2D eigenvalue weighted by molar-refractivity contribution is -0.0376. The van der Waals surface area contributed by atoms with Crippen LogP contribution < -0.4 is 4.74 Å². The number of halogens is 1. The van der Waals surface area contributed by atoms with Crippen LogP contribution in [-0.2, 0) is 6.42 Å². The van der Waals surface area contributed by atoms with Crippen LogP contribution in [0.1, 0.15) is 37.7 Å². The molecule has 0 radical (unpaired) electrons. The molecule has 0 aromatic heterocycles. The monoisotopic (exact) mass is 304 g/mol. The number of hydrogen-bond acceptors (Lipinski definition) is 1. The second-order valence-corrected chi connectivity index (χ2v) is 8.14. The first kappa shape index (κ1) is 13.9. The van der Waals surface area contributed by atoms with Crippen LogP contribution in [0.15, 0.2) is 24.3 Å². The first-order valence-corrected chi connectivity index (χ1v) is 8.93. The van der Waals surface area contributed by atoms with Gasteiger partial charge in [-0.2, -0.15) is 0 Å². The third-order valence-corrected chi connectivity index (χ3v) is 6.75. The molecule has 1 aromatic carbocycles. The van der Waals surface area contributed by atoms with Gasteiger partial charge in [-0.3, -0.25) is 0 Å². The number of ether oxygens (including phenoxy) is 1. The first-order valence-electron chi connectivity index (χ1n) is 8.50. The summed E-state index contributed by atoms with van der Waals surface area (Å²) in [6, 6.07) is 8.44. The maximum atomic E-state index is 6.90. The highest BCUT2D eigenvalue weighted by atomic mass is 35.5. The Bertz CT molecular complexity index is 467. The standard InChI is InChI=1S/C19H25ClO/c1-21-17-4-2-12(3-5-17)11-18(20)19-15-7-13-6-14(9-15)10-16(19)8-13/h2-5,13-16,18-19H,6-11H2,1H3. The van der Waals surface area contributed by atoms with Crippen molar-refractivity contribution in [3.8, 4) is 5.75 Å². The second kappa shape index (κ2) is 5.50. The topological polar surface area (TPSA) is 9.23 Å². The molecule has 2 heteroatoms. The number of benzene rings is 1. The van der Waals surface area contributed by atoms with Crippen molar-refractivity contribution in [1.82, 2.24) is 0 Å². The van der Waals surface area contributed by atoms with Crippen LogP contribution in [0.2, 0.25) is 0 Å². The van der Waals surface area contributed by atoms with Gasteiger partial charge in [0.2, 0.25) is 0 Å². The molecule has 0 heterocycles. The molecular formula is C19H25ClO. The minimum absolute atomic E-state index is 0.313. The van der Waals surface area contributed by atoms with E-state index in [1.165, 1.54) is 37.7 Å². The highest BCUT2D eigenvalue weighted by Gasteiger charge is 2.50. The Morgan fingerprint density at radius 3 is 2.10 bits per heavy atom. The molecule has 0 saturated heterocycles. The van der Waals surface area contributed by atoms with E-state index in [2.05, 4.69) is 24.3 Å². The van der Waals surface area contributed by atoms with Gasteiger partial charge < -0.3 is 4.74 Å². The van der Waals surface area contributed by atoms with Gasteiger partial charge in [0.1, 0.15) is 5.75 Å². The van der Waals surface area contributed by atoms with Crippen LogP contribution >= 0.6 is 11.6 Å². The van der Waals surface area contributed by atoms with Gasteiger partial charge in [0.15, 0.2) is 0 Å². The highest BCUT2D eigenvalue weighted by Crippen LogP contribution is 2.58. The highest BCUT2D eigenvalue weighted by molar-refractivity contribution is 6.21. The summed E-state index contributed by atoms with van der Waals surface area (Å²) in [7, 11) is 1.72. The van der Waals surface area contributed by atoms with E-state index >= 15 is 0 Å². The van der Waals surface area contributed by atoms with Crippen LogP contribution in [0.3, 0.4) is 0 Å². The molecule has 4 aliphatic carbocycles. The molecule has 114 valence electrons. The Hall–Kier alpha value is -0.690. The molecule has 4 bridgehead atoms. The Balaban J connectivity index is 1.45. The molecule has 0 N–H and O–H groups in total. The summed E-state index contributed by atoms with van der Waals surface area (Å²) >= 11 is 6.90. The molecule has 1 atom stereocenters. The van der Waals surface area contributed by atoms with Crippen molar-refractivity contribution in [2.24, 2.45) is 29.6 Å². The van der Waals surface area contributed by atoms with Crippen molar-refractivity contribution in [2.45, 2.75) is 43.9 Å². The fourth-order valence-electron chi connectivity index (χ4n) is 5.68. The average Bonchev–Trinajstić information content (AvgIpc) is 2.47. The van der Waals surface area contributed by atoms with E-state index in [0.29, 0.717) is 5.38 Å². The smallest absolute Gasteiger partial charge is 0.118 e. The molecule has 1 aromatic rings. The summed E-state index contributed by atoms with van der Waals surface area (Å²) in [6.45, 7) is 0. The third kappa shape index (κ3) is 2.59. The van der Waals surface area contributed by atoms with E-state index < -0.39 is 0 Å². The minimum atomic E-state index is 0.313. The van der Waals surface area contributed by atoms with E-state index in [4.69, 9.17) is 16.3 Å². The van der Waals surface area contributed by atoms with Crippen LogP contribution in [0.25, 0.3) is 0 Å². The van der Waals surface area contributed by atoms with Gasteiger partial charge in [-0.15, -0.1) is 11.6 Å². The van der Waals surface area contributed by atoms with Crippen LogP contribution in [0, 0.1) is 29.6 Å². The zero-order valence-corrected chi connectivity index (χ0v) is 13.6. The van der Waals surface area contributed by atoms with Crippen molar-refractivity contribution in [2.75, 3.05) is 7.11 Å². The quantitative estimate of drug-likeness (QED) is 0.718. The SMILES string of the molecule is COc1ccc(CC(Cl)C2C3CC4CC(C3)CC2C4)cc1. The van der Waals surface area contributed by atoms with Gasteiger partial charge in [0, 0.05) is 5.38 Å². The van der Waals surface area contributed by atoms with E-state index in [-0.39, 0.29) is 0 Å². The predicted molar refractivity (Wildman–Crippen MR) is 86.9 cm³/mol. The summed E-state index contributed by atoms with van der Waals surface area (Å²) in [5, 5.41) is 0.313. The summed E-state index contributed by atoms with van der Waals surface area (Å²) in [6.07, 6.45) is 8.38. The van der Waals surface area contributed by atoms with Gasteiger partial charge in [0.25, 0.3) is 0 Å². The van der Waals surface area contributed by atoms with E-state index in [1.807, 2.05) is 0 Å². The van der Waals surface area contributed by atoms with Gasteiger partial charge >= 0.3 is 0 Å². The Labute approximate surface area is 133 Å². The fourth-order valence-corrected chi connectivity index (χ4v) is 6.27. The molecule has 0 spiro atoms. The Morgan fingerprint density at radius 1 is 1.00 bits per heavy atom. The van der Waals surface area contributed by atoms with Crippen molar-refractivity contribution < 1.29 is 4.74 Å². The zero-order chi connectivity index (χ0) is 14.4. The van der Waals surface area contributed by atoms with E-state index in [9.17, 15) is 0 Å². The van der Waals surface area contributed by atoms with E-state index in [0.717, 1.165) is 41.8 Å². The fraction of sp³-hybridized carbons (Fsp3) is 0.684.